The standard InChI is InChI=1S/C25H32N2O4S/c1-19(28)21-6-5-7-23(18-21)32(30,31)27-16-14-26(15-17-27)24(29)13-10-20-8-11-22(12-9-20)25(2,3)4/h5-9,11-12,18H,10,13-17H2,1-4H3. The third-order valence-corrected chi connectivity index (χ3v) is 7.81. The van der Waals surface area contributed by atoms with Gasteiger partial charge in [0, 0.05) is 38.2 Å². The molecule has 0 N–H and O–H groups in total. The molecular formula is C25H32N2O4S. The Balaban J connectivity index is 1.55. The summed E-state index contributed by atoms with van der Waals surface area (Å²) in [6.07, 6.45) is 1.07. The largest absolute Gasteiger partial charge is 0.340 e. The van der Waals surface area contributed by atoms with Gasteiger partial charge in [-0.1, -0.05) is 57.2 Å². The number of ketones is 1. The first kappa shape index (κ1) is 24.1. The van der Waals surface area contributed by atoms with E-state index in [1.54, 1.807) is 17.0 Å². The third-order valence-electron chi connectivity index (χ3n) is 5.92. The van der Waals surface area contributed by atoms with E-state index in [1.807, 2.05) is 0 Å². The predicted molar refractivity (Wildman–Crippen MR) is 125 cm³/mol. The fourth-order valence-electron chi connectivity index (χ4n) is 3.78. The zero-order valence-electron chi connectivity index (χ0n) is 19.3. The van der Waals surface area contributed by atoms with Crippen molar-refractivity contribution in [2.24, 2.45) is 0 Å². The molecule has 2 aromatic rings. The second-order valence-corrected chi connectivity index (χ2v) is 11.3. The van der Waals surface area contributed by atoms with Gasteiger partial charge in [-0.3, -0.25) is 9.59 Å². The van der Waals surface area contributed by atoms with Crippen molar-refractivity contribution in [3.63, 3.8) is 0 Å². The second kappa shape index (κ2) is 9.55. The van der Waals surface area contributed by atoms with Crippen molar-refractivity contribution in [1.29, 1.82) is 0 Å². The number of carbonyl (C=O) groups is 2. The quantitative estimate of drug-likeness (QED) is 0.622. The molecule has 172 valence electrons. The number of piperazine rings is 1. The summed E-state index contributed by atoms with van der Waals surface area (Å²) < 4.78 is 27.3. The molecule has 6 nitrogen and oxygen atoms in total. The fourth-order valence-corrected chi connectivity index (χ4v) is 5.25. The maximum atomic E-state index is 13.0. The summed E-state index contributed by atoms with van der Waals surface area (Å²) >= 11 is 0. The van der Waals surface area contributed by atoms with Crippen LogP contribution < -0.4 is 0 Å². The highest BCUT2D eigenvalue weighted by Crippen LogP contribution is 2.23. The Kier molecular flexibility index (Phi) is 7.20. The van der Waals surface area contributed by atoms with Gasteiger partial charge in [-0.05, 0) is 42.0 Å². The zero-order valence-corrected chi connectivity index (χ0v) is 20.1. The van der Waals surface area contributed by atoms with Crippen molar-refractivity contribution in [3.05, 3.63) is 65.2 Å². The molecule has 1 saturated heterocycles. The molecule has 0 saturated carbocycles. The summed E-state index contributed by atoms with van der Waals surface area (Å²) in [4.78, 5) is 26.1. The number of benzene rings is 2. The summed E-state index contributed by atoms with van der Waals surface area (Å²) in [5, 5.41) is 0. The van der Waals surface area contributed by atoms with Crippen molar-refractivity contribution < 1.29 is 18.0 Å². The van der Waals surface area contributed by atoms with Crippen LogP contribution in [0.1, 0.15) is 55.6 Å². The van der Waals surface area contributed by atoms with Crippen LogP contribution in [0, 0.1) is 0 Å². The van der Waals surface area contributed by atoms with E-state index in [0.717, 1.165) is 5.56 Å². The van der Waals surface area contributed by atoms with Crippen LogP contribution in [0.4, 0.5) is 0 Å². The molecule has 32 heavy (non-hydrogen) atoms. The number of aryl methyl sites for hydroxylation is 1. The molecule has 0 aromatic heterocycles. The summed E-state index contributed by atoms with van der Waals surface area (Å²) in [7, 11) is -3.70. The van der Waals surface area contributed by atoms with E-state index >= 15 is 0 Å². The van der Waals surface area contributed by atoms with Crippen molar-refractivity contribution in [2.75, 3.05) is 26.2 Å². The van der Waals surface area contributed by atoms with Crippen LogP contribution >= 0.6 is 0 Å². The molecule has 1 aliphatic heterocycles. The van der Waals surface area contributed by atoms with Gasteiger partial charge in [0.1, 0.15) is 0 Å². The van der Waals surface area contributed by atoms with Gasteiger partial charge in [0.15, 0.2) is 5.78 Å². The Labute approximate surface area is 191 Å². The number of sulfonamides is 1. The lowest BCUT2D eigenvalue weighted by molar-refractivity contribution is -0.132. The van der Waals surface area contributed by atoms with Crippen LogP contribution in [0.5, 0.6) is 0 Å². The van der Waals surface area contributed by atoms with Crippen molar-refractivity contribution in [3.8, 4) is 0 Å². The van der Waals surface area contributed by atoms with Gasteiger partial charge in [-0.15, -0.1) is 0 Å². The van der Waals surface area contributed by atoms with Crippen LogP contribution in [-0.2, 0) is 26.7 Å². The van der Waals surface area contributed by atoms with Crippen LogP contribution in [0.3, 0.4) is 0 Å². The monoisotopic (exact) mass is 456 g/mol. The van der Waals surface area contributed by atoms with Crippen LogP contribution in [-0.4, -0.2) is 55.5 Å². The number of hydrogen-bond donors (Lipinski definition) is 0. The normalized spacial score (nSPS) is 15.6. The zero-order chi connectivity index (χ0) is 23.5. The number of hydrogen-bond acceptors (Lipinski definition) is 4. The van der Waals surface area contributed by atoms with E-state index in [9.17, 15) is 18.0 Å². The van der Waals surface area contributed by atoms with Gasteiger partial charge < -0.3 is 4.90 Å². The van der Waals surface area contributed by atoms with E-state index in [4.69, 9.17) is 0 Å². The lowest BCUT2D eigenvalue weighted by Gasteiger charge is -2.34. The molecule has 0 unspecified atom stereocenters. The van der Waals surface area contributed by atoms with Crippen molar-refractivity contribution in [1.82, 2.24) is 9.21 Å². The number of nitrogens with zero attached hydrogens (tertiary/aromatic N) is 2. The summed E-state index contributed by atoms with van der Waals surface area (Å²) in [6, 6.07) is 14.5. The van der Waals surface area contributed by atoms with Gasteiger partial charge in [-0.25, -0.2) is 8.42 Å². The molecule has 1 heterocycles. The van der Waals surface area contributed by atoms with Crippen LogP contribution in [0.2, 0.25) is 0 Å². The minimum atomic E-state index is -3.70. The molecule has 3 rings (SSSR count). The van der Waals surface area contributed by atoms with E-state index in [0.29, 0.717) is 31.5 Å². The SMILES string of the molecule is CC(=O)c1cccc(S(=O)(=O)N2CCN(C(=O)CCc3ccc(C(C)(C)C)cc3)CC2)c1. The lowest BCUT2D eigenvalue weighted by Crippen LogP contribution is -2.50. The highest BCUT2D eigenvalue weighted by molar-refractivity contribution is 7.89. The van der Waals surface area contributed by atoms with E-state index in [1.165, 1.54) is 28.9 Å². The fraction of sp³-hybridized carbons (Fsp3) is 0.440. The Morgan fingerprint density at radius 2 is 1.56 bits per heavy atom. The molecule has 1 aliphatic rings. The van der Waals surface area contributed by atoms with E-state index in [-0.39, 0.29) is 35.1 Å². The third kappa shape index (κ3) is 5.64. The average molecular weight is 457 g/mol. The topological polar surface area (TPSA) is 74.8 Å². The van der Waals surface area contributed by atoms with Crippen molar-refractivity contribution in [2.45, 2.75) is 50.8 Å². The molecule has 7 heteroatoms. The highest BCUT2D eigenvalue weighted by atomic mass is 32.2. The molecule has 0 bridgehead atoms. The first-order valence-corrected chi connectivity index (χ1v) is 12.4. The minimum absolute atomic E-state index is 0.0422. The lowest BCUT2D eigenvalue weighted by atomic mass is 9.86. The number of Topliss-reactive ketones (excluding diaryl/α,β-unsaturated/α-hetero) is 1. The van der Waals surface area contributed by atoms with Crippen LogP contribution in [0.15, 0.2) is 53.4 Å². The van der Waals surface area contributed by atoms with E-state index < -0.39 is 10.0 Å². The molecule has 0 aliphatic carbocycles. The Hall–Kier alpha value is -2.51. The summed E-state index contributed by atoms with van der Waals surface area (Å²) in [6.45, 7) is 9.16. The second-order valence-electron chi connectivity index (χ2n) is 9.32. The molecule has 0 atom stereocenters. The smallest absolute Gasteiger partial charge is 0.243 e. The predicted octanol–water partition coefficient (Wildman–Crippen LogP) is 3.65. The van der Waals surface area contributed by atoms with Crippen LogP contribution in [0.25, 0.3) is 0 Å². The molecule has 1 fully saturated rings. The molecule has 0 radical (unpaired) electrons. The Morgan fingerprint density at radius 1 is 0.938 bits per heavy atom. The van der Waals surface area contributed by atoms with Gasteiger partial charge in [-0.2, -0.15) is 4.31 Å². The number of amides is 1. The van der Waals surface area contributed by atoms with Gasteiger partial charge in [0.25, 0.3) is 0 Å². The number of rotatable bonds is 6. The van der Waals surface area contributed by atoms with Gasteiger partial charge in [0.05, 0.1) is 4.90 Å². The molecule has 1 amide bonds. The minimum Gasteiger partial charge on any atom is -0.340 e. The van der Waals surface area contributed by atoms with Crippen molar-refractivity contribution >= 4 is 21.7 Å². The molecular weight excluding hydrogens is 424 g/mol. The summed E-state index contributed by atoms with van der Waals surface area (Å²) in [5.41, 5.74) is 2.86. The first-order valence-electron chi connectivity index (χ1n) is 11.0. The summed E-state index contributed by atoms with van der Waals surface area (Å²) in [5.74, 6) is -0.133. The Bertz CT molecular complexity index is 1080. The maximum absolute atomic E-state index is 13.0. The van der Waals surface area contributed by atoms with Gasteiger partial charge in [0.2, 0.25) is 15.9 Å². The average Bonchev–Trinajstić information content (AvgIpc) is 2.77. The maximum Gasteiger partial charge on any atom is 0.243 e. The molecule has 2 aromatic carbocycles. The Morgan fingerprint density at radius 3 is 2.12 bits per heavy atom. The first-order chi connectivity index (χ1) is 15.0. The van der Waals surface area contributed by atoms with Gasteiger partial charge >= 0.3 is 0 Å². The highest BCUT2D eigenvalue weighted by Gasteiger charge is 2.30. The molecule has 0 spiro atoms. The number of carbonyl (C=O) groups excluding carboxylic acids is 2. The van der Waals surface area contributed by atoms with E-state index in [2.05, 4.69) is 45.0 Å².